The molecule has 1 N–H and O–H groups in total. The van der Waals surface area contributed by atoms with Crippen molar-refractivity contribution in [2.45, 2.75) is 38.0 Å². The Morgan fingerprint density at radius 1 is 1.35 bits per heavy atom. The largest absolute Gasteiger partial charge is 0.384 e. The lowest BCUT2D eigenvalue weighted by Gasteiger charge is -2.37. The van der Waals surface area contributed by atoms with Crippen LogP contribution in [0, 0.1) is 11.8 Å². The molecule has 1 saturated heterocycles. The molecular formula is C17H21NO2. The fourth-order valence-electron chi connectivity index (χ4n) is 3.33. The average molecular weight is 271 g/mol. The summed E-state index contributed by atoms with van der Waals surface area (Å²) in [6.45, 7) is 2.76. The van der Waals surface area contributed by atoms with Crippen LogP contribution in [0.25, 0.3) is 0 Å². The third-order valence-corrected chi connectivity index (χ3v) is 4.22. The Bertz CT molecular complexity index is 517. The molecule has 3 heteroatoms. The van der Waals surface area contributed by atoms with E-state index in [4.69, 9.17) is 9.84 Å². The fraction of sp³-hybridized carbons (Fsp3) is 0.529. The van der Waals surface area contributed by atoms with E-state index in [1.54, 1.807) is 0 Å². The van der Waals surface area contributed by atoms with Gasteiger partial charge in [0.2, 0.25) is 0 Å². The Hall–Kier alpha value is -1.34. The monoisotopic (exact) mass is 271 g/mol. The first-order valence-electron chi connectivity index (χ1n) is 7.41. The molecule has 106 valence electrons. The predicted octanol–water partition coefficient (Wildman–Crippen LogP) is 1.78. The first-order chi connectivity index (χ1) is 9.86. The highest BCUT2D eigenvalue weighted by molar-refractivity contribution is 5.37. The number of nitrogens with zero attached hydrogens (tertiary/aromatic N) is 1. The molecule has 0 radical (unpaired) electrons. The molecule has 1 heterocycles. The zero-order valence-electron chi connectivity index (χ0n) is 11.7. The Kier molecular flexibility index (Phi) is 4.37. The Balaban J connectivity index is 1.70. The van der Waals surface area contributed by atoms with E-state index in [-0.39, 0.29) is 6.61 Å². The van der Waals surface area contributed by atoms with Crippen LogP contribution >= 0.6 is 0 Å². The maximum atomic E-state index is 8.76. The van der Waals surface area contributed by atoms with E-state index in [2.05, 4.69) is 28.9 Å². The molecule has 2 fully saturated rings. The molecule has 0 bridgehead atoms. The maximum Gasteiger partial charge on any atom is 0.104 e. The number of morpholine rings is 1. The number of ether oxygens (including phenoxy) is 1. The first-order valence-corrected chi connectivity index (χ1v) is 7.41. The van der Waals surface area contributed by atoms with Gasteiger partial charge in [0.1, 0.15) is 6.61 Å². The summed E-state index contributed by atoms with van der Waals surface area (Å²) in [4.78, 5) is 2.56. The smallest absolute Gasteiger partial charge is 0.104 e. The Morgan fingerprint density at radius 2 is 2.30 bits per heavy atom. The summed E-state index contributed by atoms with van der Waals surface area (Å²) in [5.41, 5.74) is 2.27. The molecule has 3 rings (SSSR count). The van der Waals surface area contributed by atoms with Gasteiger partial charge in [-0.15, -0.1) is 0 Å². The highest BCUT2D eigenvalue weighted by Gasteiger charge is 2.35. The van der Waals surface area contributed by atoms with Gasteiger partial charge in [0, 0.05) is 24.7 Å². The lowest BCUT2D eigenvalue weighted by atomic mass is 10.1. The van der Waals surface area contributed by atoms with Crippen molar-refractivity contribution in [2.24, 2.45) is 0 Å². The highest BCUT2D eigenvalue weighted by Crippen LogP contribution is 2.30. The Labute approximate surface area is 120 Å². The van der Waals surface area contributed by atoms with Gasteiger partial charge in [0.05, 0.1) is 12.7 Å². The third-order valence-electron chi connectivity index (χ3n) is 4.22. The van der Waals surface area contributed by atoms with Crippen LogP contribution in [0.2, 0.25) is 0 Å². The quantitative estimate of drug-likeness (QED) is 0.832. The summed E-state index contributed by atoms with van der Waals surface area (Å²) in [7, 11) is 0. The molecule has 2 unspecified atom stereocenters. The van der Waals surface area contributed by atoms with Crippen molar-refractivity contribution in [3.05, 3.63) is 35.4 Å². The molecule has 1 saturated carbocycles. The minimum atomic E-state index is -0.0859. The van der Waals surface area contributed by atoms with Crippen LogP contribution in [0.1, 0.15) is 30.4 Å². The second-order valence-electron chi connectivity index (χ2n) is 5.54. The lowest BCUT2D eigenvalue weighted by molar-refractivity contribution is -0.0588. The van der Waals surface area contributed by atoms with Gasteiger partial charge in [-0.2, -0.15) is 0 Å². The molecule has 2 atom stereocenters. The Morgan fingerprint density at radius 3 is 3.20 bits per heavy atom. The van der Waals surface area contributed by atoms with Gasteiger partial charge < -0.3 is 9.84 Å². The van der Waals surface area contributed by atoms with E-state index < -0.39 is 0 Å². The molecule has 1 aromatic carbocycles. The van der Waals surface area contributed by atoms with E-state index in [1.807, 2.05) is 12.1 Å². The van der Waals surface area contributed by atoms with Gasteiger partial charge in [0.15, 0.2) is 0 Å². The van der Waals surface area contributed by atoms with Gasteiger partial charge >= 0.3 is 0 Å². The number of rotatable bonds is 2. The molecule has 1 aromatic rings. The molecule has 3 nitrogen and oxygen atoms in total. The van der Waals surface area contributed by atoms with Gasteiger partial charge in [0.25, 0.3) is 0 Å². The number of benzene rings is 1. The van der Waals surface area contributed by atoms with E-state index >= 15 is 0 Å². The standard InChI is InChI=1S/C17H21NO2/c19-10-3-6-14-4-1-5-15(12-14)13-18-9-11-20-17-8-2-7-16(17)18/h1,4-5,12,16-17,19H,2,7-11,13H2. The molecule has 0 spiro atoms. The van der Waals surface area contributed by atoms with Crippen molar-refractivity contribution in [1.29, 1.82) is 0 Å². The molecule has 20 heavy (non-hydrogen) atoms. The van der Waals surface area contributed by atoms with Crippen molar-refractivity contribution in [1.82, 2.24) is 4.90 Å². The average Bonchev–Trinajstić information content (AvgIpc) is 2.95. The van der Waals surface area contributed by atoms with Gasteiger partial charge in [-0.05, 0) is 37.0 Å². The SMILES string of the molecule is OCC#Cc1cccc(CN2CCOC3CCCC32)c1. The van der Waals surface area contributed by atoms with E-state index in [0.717, 1.165) is 25.3 Å². The zero-order chi connectivity index (χ0) is 13.8. The van der Waals surface area contributed by atoms with Crippen molar-refractivity contribution in [2.75, 3.05) is 19.8 Å². The summed E-state index contributed by atoms with van der Waals surface area (Å²) in [6.07, 6.45) is 4.20. The van der Waals surface area contributed by atoms with Crippen LogP contribution in [0.15, 0.2) is 24.3 Å². The van der Waals surface area contributed by atoms with E-state index in [1.165, 1.54) is 24.8 Å². The van der Waals surface area contributed by atoms with Crippen LogP contribution in [-0.2, 0) is 11.3 Å². The number of hydrogen-bond acceptors (Lipinski definition) is 3. The van der Waals surface area contributed by atoms with Crippen molar-refractivity contribution in [3.8, 4) is 11.8 Å². The molecule has 1 aliphatic heterocycles. The predicted molar refractivity (Wildman–Crippen MR) is 78.2 cm³/mol. The van der Waals surface area contributed by atoms with E-state index in [9.17, 15) is 0 Å². The summed E-state index contributed by atoms with van der Waals surface area (Å²) in [6, 6.07) is 8.91. The van der Waals surface area contributed by atoms with Crippen molar-refractivity contribution in [3.63, 3.8) is 0 Å². The third kappa shape index (κ3) is 3.04. The second-order valence-corrected chi connectivity index (χ2v) is 5.54. The summed E-state index contributed by atoms with van der Waals surface area (Å²) >= 11 is 0. The zero-order valence-corrected chi connectivity index (χ0v) is 11.7. The van der Waals surface area contributed by atoms with Crippen LogP contribution in [0.4, 0.5) is 0 Å². The summed E-state index contributed by atoms with van der Waals surface area (Å²) in [5.74, 6) is 5.68. The number of hydrogen-bond donors (Lipinski definition) is 1. The minimum Gasteiger partial charge on any atom is -0.384 e. The molecule has 0 amide bonds. The number of aliphatic hydroxyl groups is 1. The normalized spacial score (nSPS) is 25.9. The summed E-state index contributed by atoms with van der Waals surface area (Å²) < 4.78 is 5.85. The van der Waals surface area contributed by atoms with Crippen LogP contribution in [0.3, 0.4) is 0 Å². The maximum absolute atomic E-state index is 8.76. The molecular weight excluding hydrogens is 250 g/mol. The van der Waals surface area contributed by atoms with Crippen LogP contribution in [-0.4, -0.2) is 41.9 Å². The van der Waals surface area contributed by atoms with Crippen molar-refractivity contribution < 1.29 is 9.84 Å². The lowest BCUT2D eigenvalue weighted by Crippen LogP contribution is -2.47. The van der Waals surface area contributed by atoms with Gasteiger partial charge in [-0.25, -0.2) is 0 Å². The van der Waals surface area contributed by atoms with Crippen LogP contribution < -0.4 is 0 Å². The number of fused-ring (bicyclic) bond motifs is 1. The second kappa shape index (κ2) is 6.41. The highest BCUT2D eigenvalue weighted by atomic mass is 16.5. The molecule has 1 aliphatic carbocycles. The molecule has 2 aliphatic rings. The summed E-state index contributed by atoms with van der Waals surface area (Å²) in [5, 5.41) is 8.76. The topological polar surface area (TPSA) is 32.7 Å². The van der Waals surface area contributed by atoms with Gasteiger partial charge in [-0.3, -0.25) is 4.90 Å². The minimum absolute atomic E-state index is 0.0859. The van der Waals surface area contributed by atoms with Crippen molar-refractivity contribution >= 4 is 0 Å². The first kappa shape index (κ1) is 13.6. The fourth-order valence-corrected chi connectivity index (χ4v) is 3.33. The molecule has 0 aromatic heterocycles. The van der Waals surface area contributed by atoms with Gasteiger partial charge in [-0.1, -0.05) is 24.0 Å². The van der Waals surface area contributed by atoms with Crippen LogP contribution in [0.5, 0.6) is 0 Å². The number of aliphatic hydroxyl groups excluding tert-OH is 1. The van der Waals surface area contributed by atoms with E-state index in [0.29, 0.717) is 12.1 Å².